The molecule has 1 saturated heterocycles. The van der Waals surface area contributed by atoms with Crippen LogP contribution in [0, 0.1) is 5.92 Å². The van der Waals surface area contributed by atoms with Gasteiger partial charge in [0.2, 0.25) is 5.91 Å². The number of rotatable bonds is 10. The number of hydrogen-bond donors (Lipinski definition) is 1. The Kier molecular flexibility index (Phi) is 8.59. The lowest BCUT2D eigenvalue weighted by atomic mass is 9.97. The number of sulfone groups is 1. The van der Waals surface area contributed by atoms with Crippen LogP contribution in [0.1, 0.15) is 45.4 Å². The number of nitrogens with zero attached hydrogens (tertiary/aromatic N) is 1. The molecule has 1 aromatic carbocycles. The van der Waals surface area contributed by atoms with Gasteiger partial charge in [-0.05, 0) is 37.9 Å². The molecule has 1 unspecified atom stereocenters. The fraction of sp³-hybridized carbons (Fsp3) is 0.650. The molecule has 0 aliphatic carbocycles. The van der Waals surface area contributed by atoms with Crippen LogP contribution in [0.5, 0.6) is 0 Å². The van der Waals surface area contributed by atoms with E-state index < -0.39 is 9.84 Å². The van der Waals surface area contributed by atoms with Crippen LogP contribution in [0.3, 0.4) is 0 Å². The predicted molar refractivity (Wildman–Crippen MR) is 105 cm³/mol. The molecule has 0 aromatic heterocycles. The first-order chi connectivity index (χ1) is 12.5. The summed E-state index contributed by atoms with van der Waals surface area (Å²) in [5.74, 6) is 0.203. The van der Waals surface area contributed by atoms with Crippen molar-refractivity contribution in [2.24, 2.45) is 5.92 Å². The minimum Gasteiger partial charge on any atom is -0.356 e. The largest absolute Gasteiger partial charge is 0.356 e. The molecule has 1 fully saturated rings. The first-order valence-corrected chi connectivity index (χ1v) is 11.5. The Morgan fingerprint density at radius 1 is 1.19 bits per heavy atom. The lowest BCUT2D eigenvalue weighted by Crippen LogP contribution is -2.44. The molecule has 1 N–H and O–H groups in total. The molecule has 2 rings (SSSR count). The van der Waals surface area contributed by atoms with Gasteiger partial charge in [0.05, 0.1) is 16.6 Å². The van der Waals surface area contributed by atoms with Gasteiger partial charge in [-0.25, -0.2) is 8.42 Å². The summed E-state index contributed by atoms with van der Waals surface area (Å²) in [4.78, 5) is 14.8. The zero-order valence-electron chi connectivity index (χ0n) is 15.8. The predicted octanol–water partition coefficient (Wildman–Crippen LogP) is 2.87. The number of benzene rings is 1. The van der Waals surface area contributed by atoms with E-state index in [0.29, 0.717) is 18.0 Å². The molecule has 1 amide bonds. The summed E-state index contributed by atoms with van der Waals surface area (Å²) in [6.07, 6.45) is 6.43. The van der Waals surface area contributed by atoms with Gasteiger partial charge in [-0.2, -0.15) is 0 Å². The highest BCUT2D eigenvalue weighted by atomic mass is 32.2. The Bertz CT molecular complexity index is 646. The van der Waals surface area contributed by atoms with Crippen LogP contribution in [0.15, 0.2) is 35.2 Å². The highest BCUT2D eigenvalue weighted by molar-refractivity contribution is 7.91. The smallest absolute Gasteiger partial charge is 0.224 e. The number of likely N-dealkylation sites (tertiary alicyclic amines) is 1. The Morgan fingerprint density at radius 2 is 1.96 bits per heavy atom. The average molecular weight is 381 g/mol. The van der Waals surface area contributed by atoms with Crippen molar-refractivity contribution in [3.8, 4) is 0 Å². The minimum atomic E-state index is -3.26. The SMILES string of the molecule is CCCCCCNC(=O)C1CCCN(CCS(=O)(=O)c2ccccc2)C1. The summed E-state index contributed by atoms with van der Waals surface area (Å²) in [5.41, 5.74) is 0. The topological polar surface area (TPSA) is 66.5 Å². The molecule has 0 radical (unpaired) electrons. The van der Waals surface area contributed by atoms with E-state index >= 15 is 0 Å². The van der Waals surface area contributed by atoms with E-state index in [1.54, 1.807) is 24.3 Å². The number of carbonyl (C=O) groups excluding carboxylic acids is 1. The third-order valence-corrected chi connectivity index (χ3v) is 6.69. The highest BCUT2D eigenvalue weighted by Crippen LogP contribution is 2.18. The van der Waals surface area contributed by atoms with Crippen LogP contribution in [-0.2, 0) is 14.6 Å². The molecule has 0 spiro atoms. The second-order valence-electron chi connectivity index (χ2n) is 7.12. The number of nitrogens with one attached hydrogen (secondary N) is 1. The van der Waals surface area contributed by atoms with Crippen LogP contribution < -0.4 is 5.32 Å². The first kappa shape index (κ1) is 20.9. The van der Waals surface area contributed by atoms with Gasteiger partial charge >= 0.3 is 0 Å². The van der Waals surface area contributed by atoms with Gasteiger partial charge in [0.15, 0.2) is 9.84 Å². The Labute approximate surface area is 158 Å². The molecule has 1 aliphatic heterocycles. The molecule has 1 atom stereocenters. The zero-order chi connectivity index (χ0) is 18.8. The van der Waals surface area contributed by atoms with Gasteiger partial charge in [-0.3, -0.25) is 4.79 Å². The number of piperidine rings is 1. The monoisotopic (exact) mass is 380 g/mol. The van der Waals surface area contributed by atoms with Gasteiger partial charge in [-0.15, -0.1) is 0 Å². The number of amides is 1. The van der Waals surface area contributed by atoms with Gasteiger partial charge < -0.3 is 10.2 Å². The quantitative estimate of drug-likeness (QED) is 0.634. The number of hydrogen-bond acceptors (Lipinski definition) is 4. The Morgan fingerprint density at radius 3 is 2.69 bits per heavy atom. The number of carbonyl (C=O) groups is 1. The van der Waals surface area contributed by atoms with Crippen molar-refractivity contribution in [2.75, 3.05) is 31.9 Å². The standard InChI is InChI=1S/C20H32N2O3S/c1-2-3-4-8-13-21-20(23)18-10-9-14-22(17-18)15-16-26(24,25)19-11-6-5-7-12-19/h5-7,11-12,18H,2-4,8-10,13-17H2,1H3,(H,21,23). The van der Waals surface area contributed by atoms with Gasteiger partial charge in [0.25, 0.3) is 0 Å². The second-order valence-corrected chi connectivity index (χ2v) is 9.23. The molecule has 0 saturated carbocycles. The van der Waals surface area contributed by atoms with E-state index in [0.717, 1.165) is 38.8 Å². The summed E-state index contributed by atoms with van der Waals surface area (Å²) < 4.78 is 24.8. The molecule has 0 bridgehead atoms. The Balaban J connectivity index is 1.76. The van der Waals surface area contributed by atoms with Crippen LogP contribution in [-0.4, -0.2) is 51.2 Å². The van der Waals surface area contributed by atoms with Gasteiger partial charge in [0.1, 0.15) is 0 Å². The van der Waals surface area contributed by atoms with E-state index in [2.05, 4.69) is 17.1 Å². The van der Waals surface area contributed by atoms with Gasteiger partial charge in [-0.1, -0.05) is 44.4 Å². The van der Waals surface area contributed by atoms with E-state index in [1.165, 1.54) is 12.8 Å². The van der Waals surface area contributed by atoms with Crippen molar-refractivity contribution in [3.05, 3.63) is 30.3 Å². The van der Waals surface area contributed by atoms with Crippen LogP contribution in [0.25, 0.3) is 0 Å². The van der Waals surface area contributed by atoms with Crippen LogP contribution >= 0.6 is 0 Å². The van der Waals surface area contributed by atoms with E-state index in [9.17, 15) is 13.2 Å². The van der Waals surface area contributed by atoms with E-state index in [4.69, 9.17) is 0 Å². The van der Waals surface area contributed by atoms with Crippen molar-refractivity contribution in [1.82, 2.24) is 10.2 Å². The van der Waals surface area contributed by atoms with Crippen molar-refractivity contribution < 1.29 is 13.2 Å². The fourth-order valence-corrected chi connectivity index (χ4v) is 4.68. The molecule has 26 heavy (non-hydrogen) atoms. The molecule has 1 aliphatic rings. The van der Waals surface area contributed by atoms with Gasteiger partial charge in [0, 0.05) is 19.6 Å². The third-order valence-electron chi connectivity index (χ3n) is 4.98. The highest BCUT2D eigenvalue weighted by Gasteiger charge is 2.26. The number of unbranched alkanes of at least 4 members (excludes halogenated alkanes) is 3. The first-order valence-electron chi connectivity index (χ1n) is 9.81. The maximum Gasteiger partial charge on any atom is 0.224 e. The summed E-state index contributed by atoms with van der Waals surface area (Å²) in [6, 6.07) is 8.58. The van der Waals surface area contributed by atoms with E-state index in [-0.39, 0.29) is 17.6 Å². The maximum atomic E-state index is 12.4. The molecule has 6 heteroatoms. The van der Waals surface area contributed by atoms with Crippen LogP contribution in [0.2, 0.25) is 0 Å². The van der Waals surface area contributed by atoms with E-state index in [1.807, 2.05) is 6.07 Å². The lowest BCUT2D eigenvalue weighted by Gasteiger charge is -2.31. The minimum absolute atomic E-state index is 0.0191. The van der Waals surface area contributed by atoms with Crippen molar-refractivity contribution in [3.63, 3.8) is 0 Å². The summed E-state index contributed by atoms with van der Waals surface area (Å²) in [5, 5.41) is 3.05. The van der Waals surface area contributed by atoms with Crippen molar-refractivity contribution >= 4 is 15.7 Å². The average Bonchev–Trinajstić information content (AvgIpc) is 2.67. The molecule has 146 valence electrons. The fourth-order valence-electron chi connectivity index (χ4n) is 3.38. The summed E-state index contributed by atoms with van der Waals surface area (Å²) >= 11 is 0. The molecule has 5 nitrogen and oxygen atoms in total. The summed E-state index contributed by atoms with van der Waals surface area (Å²) in [6.45, 7) is 4.93. The summed E-state index contributed by atoms with van der Waals surface area (Å²) in [7, 11) is -3.26. The molecular formula is C20H32N2O3S. The third kappa shape index (κ3) is 6.72. The Hall–Kier alpha value is -1.40. The van der Waals surface area contributed by atoms with Crippen molar-refractivity contribution in [1.29, 1.82) is 0 Å². The molecule has 1 aromatic rings. The van der Waals surface area contributed by atoms with Crippen LogP contribution in [0.4, 0.5) is 0 Å². The molecule has 1 heterocycles. The lowest BCUT2D eigenvalue weighted by molar-refractivity contribution is -0.126. The van der Waals surface area contributed by atoms with Crippen molar-refractivity contribution in [2.45, 2.75) is 50.3 Å². The normalized spacial score (nSPS) is 18.6. The zero-order valence-corrected chi connectivity index (χ0v) is 16.6. The maximum absolute atomic E-state index is 12.4. The second kappa shape index (κ2) is 10.7. The molecular weight excluding hydrogens is 348 g/mol.